The summed E-state index contributed by atoms with van der Waals surface area (Å²) in [4.78, 5) is 4.95. The fourth-order valence-electron chi connectivity index (χ4n) is 2.92. The molecular weight excluding hydrogens is 411 g/mol. The number of hydrogen-bond acceptors (Lipinski definition) is 5. The van der Waals surface area contributed by atoms with Crippen LogP contribution < -0.4 is 0 Å². The van der Waals surface area contributed by atoms with E-state index < -0.39 is 21.7 Å². The van der Waals surface area contributed by atoms with Gasteiger partial charge < -0.3 is 0 Å². The van der Waals surface area contributed by atoms with Crippen molar-refractivity contribution in [3.8, 4) is 21.6 Å². The number of aromatic nitrogens is 3. The van der Waals surface area contributed by atoms with Crippen LogP contribution in [0.3, 0.4) is 0 Å². The lowest BCUT2D eigenvalue weighted by Crippen LogP contribution is -2.07. The Bertz CT molecular complexity index is 1290. The number of thiophene rings is 1. The number of nitrogens with zero attached hydrogens (tertiary/aromatic N) is 2. The summed E-state index contributed by atoms with van der Waals surface area (Å²) in [6, 6.07) is 9.70. The Labute approximate surface area is 161 Å². The van der Waals surface area contributed by atoms with Gasteiger partial charge in [0.1, 0.15) is 4.21 Å². The number of halogens is 3. The molecule has 0 atom stereocenters. The van der Waals surface area contributed by atoms with Crippen LogP contribution >= 0.6 is 11.3 Å². The summed E-state index contributed by atoms with van der Waals surface area (Å²) in [5.74, 6) is 0. The third kappa shape index (κ3) is 3.29. The van der Waals surface area contributed by atoms with Crippen LogP contribution in [0.1, 0.15) is 5.69 Å². The molecule has 0 amide bonds. The number of benzene rings is 1. The van der Waals surface area contributed by atoms with Crippen LogP contribution in [0.2, 0.25) is 0 Å². The molecule has 0 unspecified atom stereocenters. The molecule has 0 saturated carbocycles. The minimum atomic E-state index is -4.58. The smallest absolute Gasteiger partial charge is 0.284 e. The summed E-state index contributed by atoms with van der Waals surface area (Å²) in [7, 11) is -3.34. The zero-order valence-corrected chi connectivity index (χ0v) is 15.9. The van der Waals surface area contributed by atoms with Gasteiger partial charge in [-0.25, -0.2) is 8.42 Å². The normalized spacial score (nSPS) is 12.6. The molecule has 1 N–H and O–H groups in total. The molecule has 0 fully saturated rings. The lowest BCUT2D eigenvalue weighted by Gasteiger charge is -2.09. The first kappa shape index (κ1) is 18.6. The van der Waals surface area contributed by atoms with E-state index in [0.717, 1.165) is 17.6 Å². The number of sulfone groups is 1. The molecule has 28 heavy (non-hydrogen) atoms. The van der Waals surface area contributed by atoms with Crippen molar-refractivity contribution < 1.29 is 21.6 Å². The molecule has 3 heterocycles. The maximum absolute atomic E-state index is 13.2. The summed E-state index contributed by atoms with van der Waals surface area (Å²) in [6.07, 6.45) is -0.674. The van der Waals surface area contributed by atoms with Gasteiger partial charge >= 0.3 is 6.18 Å². The van der Waals surface area contributed by atoms with E-state index in [9.17, 15) is 21.6 Å². The van der Waals surface area contributed by atoms with Gasteiger partial charge in [-0.05, 0) is 35.9 Å². The second kappa shape index (κ2) is 6.42. The van der Waals surface area contributed by atoms with Crippen molar-refractivity contribution in [3.63, 3.8) is 0 Å². The molecule has 4 rings (SSSR count). The van der Waals surface area contributed by atoms with E-state index >= 15 is 0 Å². The van der Waals surface area contributed by atoms with Crippen molar-refractivity contribution in [3.05, 3.63) is 54.5 Å². The van der Waals surface area contributed by atoms with Crippen LogP contribution in [0.4, 0.5) is 13.2 Å². The lowest BCUT2D eigenvalue weighted by molar-refractivity contribution is -0.140. The van der Waals surface area contributed by atoms with E-state index in [2.05, 4.69) is 15.2 Å². The number of alkyl halides is 3. The van der Waals surface area contributed by atoms with Crippen molar-refractivity contribution in [2.45, 2.75) is 10.4 Å². The molecule has 3 aromatic heterocycles. The number of rotatable bonds is 3. The minimum Gasteiger partial charge on any atom is -0.284 e. The highest BCUT2D eigenvalue weighted by molar-refractivity contribution is 7.92. The molecule has 144 valence electrons. The summed E-state index contributed by atoms with van der Waals surface area (Å²) in [5, 5.41) is 6.21. The molecule has 0 bridgehead atoms. The fourth-order valence-corrected chi connectivity index (χ4v) is 4.89. The van der Waals surface area contributed by atoms with E-state index in [1.165, 1.54) is 12.3 Å². The Hall–Kier alpha value is -2.72. The third-order valence-electron chi connectivity index (χ3n) is 4.17. The highest BCUT2D eigenvalue weighted by Gasteiger charge is 2.36. The first-order valence-electron chi connectivity index (χ1n) is 7.95. The molecular formula is C18H12F3N3O2S2. The van der Waals surface area contributed by atoms with Crippen LogP contribution in [0.15, 0.2) is 53.0 Å². The molecule has 0 radical (unpaired) electrons. The third-order valence-corrected chi connectivity index (χ3v) is 7.11. The SMILES string of the molecule is CS(=O)(=O)c1ccc(-c2ccnc3ccc(-c4c[nH]nc4C(F)(F)F)cc23)s1. The van der Waals surface area contributed by atoms with Crippen molar-refractivity contribution >= 4 is 32.1 Å². The summed E-state index contributed by atoms with van der Waals surface area (Å²) in [5.41, 5.74) is 0.569. The second-order valence-electron chi connectivity index (χ2n) is 6.13. The van der Waals surface area contributed by atoms with Crippen LogP contribution in [-0.2, 0) is 16.0 Å². The Balaban J connectivity index is 1.90. The monoisotopic (exact) mass is 423 g/mol. The van der Waals surface area contributed by atoms with Gasteiger partial charge in [-0.1, -0.05) is 6.07 Å². The molecule has 0 saturated heterocycles. The van der Waals surface area contributed by atoms with Gasteiger partial charge in [-0.3, -0.25) is 10.1 Å². The van der Waals surface area contributed by atoms with Gasteiger partial charge in [0.05, 0.1) is 5.52 Å². The van der Waals surface area contributed by atoms with Gasteiger partial charge in [0.25, 0.3) is 0 Å². The van der Waals surface area contributed by atoms with Gasteiger partial charge in [-0.15, -0.1) is 11.3 Å². The molecule has 0 aliphatic carbocycles. The Morgan fingerprint density at radius 2 is 1.86 bits per heavy atom. The summed E-state index contributed by atoms with van der Waals surface area (Å²) >= 11 is 1.10. The number of aromatic amines is 1. The maximum atomic E-state index is 13.2. The molecule has 1 aromatic carbocycles. The van der Waals surface area contributed by atoms with E-state index in [1.54, 1.807) is 36.5 Å². The van der Waals surface area contributed by atoms with Gasteiger partial charge in [-0.2, -0.15) is 18.3 Å². The standard InChI is InChI=1S/C18H12F3N3O2S2/c1-28(25,26)16-5-4-15(27-16)11-6-7-22-14-3-2-10(8-12(11)14)13-9-23-24-17(13)18(19,20)21/h2-9H,1H3,(H,23,24). The van der Waals surface area contributed by atoms with E-state index in [-0.39, 0.29) is 9.77 Å². The van der Waals surface area contributed by atoms with Crippen LogP contribution in [-0.4, -0.2) is 29.9 Å². The summed E-state index contributed by atoms with van der Waals surface area (Å²) < 4.78 is 63.3. The molecule has 0 aliphatic heterocycles. The van der Waals surface area contributed by atoms with E-state index in [4.69, 9.17) is 0 Å². The van der Waals surface area contributed by atoms with Crippen LogP contribution in [0.25, 0.3) is 32.5 Å². The van der Waals surface area contributed by atoms with Crippen molar-refractivity contribution in [2.75, 3.05) is 6.26 Å². The van der Waals surface area contributed by atoms with Crippen LogP contribution in [0.5, 0.6) is 0 Å². The van der Waals surface area contributed by atoms with Gasteiger partial charge in [0, 0.05) is 40.0 Å². The highest BCUT2D eigenvalue weighted by atomic mass is 32.2. The Morgan fingerprint density at radius 1 is 1.07 bits per heavy atom. The molecule has 10 heteroatoms. The zero-order chi connectivity index (χ0) is 20.1. The first-order chi connectivity index (χ1) is 13.1. The second-order valence-corrected chi connectivity index (χ2v) is 9.45. The number of pyridine rings is 1. The maximum Gasteiger partial charge on any atom is 0.435 e. The molecule has 0 spiro atoms. The number of H-pyrrole nitrogens is 1. The summed E-state index contributed by atoms with van der Waals surface area (Å²) in [6.45, 7) is 0. The first-order valence-corrected chi connectivity index (χ1v) is 10.7. The zero-order valence-electron chi connectivity index (χ0n) is 14.3. The molecule has 0 aliphatic rings. The Morgan fingerprint density at radius 3 is 2.54 bits per heavy atom. The number of nitrogens with one attached hydrogen (secondary N) is 1. The predicted octanol–water partition coefficient (Wildman–Crippen LogP) is 4.78. The molecule has 4 aromatic rings. The largest absolute Gasteiger partial charge is 0.435 e. The Kier molecular flexibility index (Phi) is 4.27. The average Bonchev–Trinajstić information content (AvgIpc) is 3.29. The fraction of sp³-hybridized carbons (Fsp3) is 0.111. The van der Waals surface area contributed by atoms with Crippen molar-refractivity contribution in [1.29, 1.82) is 0 Å². The lowest BCUT2D eigenvalue weighted by atomic mass is 10.0. The predicted molar refractivity (Wildman–Crippen MR) is 101 cm³/mol. The van der Waals surface area contributed by atoms with Crippen LogP contribution in [0, 0.1) is 0 Å². The number of fused-ring (bicyclic) bond motifs is 1. The molecule has 5 nitrogen and oxygen atoms in total. The van der Waals surface area contributed by atoms with Gasteiger partial charge in [0.15, 0.2) is 15.5 Å². The van der Waals surface area contributed by atoms with Crippen molar-refractivity contribution in [1.82, 2.24) is 15.2 Å². The van der Waals surface area contributed by atoms with Gasteiger partial charge in [0.2, 0.25) is 0 Å². The van der Waals surface area contributed by atoms with E-state index in [1.807, 2.05) is 0 Å². The topological polar surface area (TPSA) is 75.7 Å². The van der Waals surface area contributed by atoms with Crippen molar-refractivity contribution in [2.24, 2.45) is 0 Å². The van der Waals surface area contributed by atoms with E-state index in [0.29, 0.717) is 26.9 Å². The average molecular weight is 423 g/mol. The number of hydrogen-bond donors (Lipinski definition) is 1. The highest BCUT2D eigenvalue weighted by Crippen LogP contribution is 2.39. The minimum absolute atomic E-state index is 0.0628. The quantitative estimate of drug-likeness (QED) is 0.515.